The predicted molar refractivity (Wildman–Crippen MR) is 73.2 cm³/mol. The maximum absolute atomic E-state index is 13.3. The SMILES string of the molecule is O=C(NCC1CCS(=O)(=O)C1)c1ccc(Br)c(F)c1. The molecule has 1 N–H and O–H groups in total. The van der Waals surface area contributed by atoms with E-state index in [-0.39, 0.29) is 23.0 Å². The van der Waals surface area contributed by atoms with E-state index in [9.17, 15) is 17.6 Å². The zero-order valence-corrected chi connectivity index (χ0v) is 12.4. The molecular formula is C12H13BrFNO3S. The Morgan fingerprint density at radius 1 is 1.47 bits per heavy atom. The Hall–Kier alpha value is -0.950. The molecule has 7 heteroatoms. The molecule has 0 spiro atoms. The smallest absolute Gasteiger partial charge is 0.251 e. The first-order valence-corrected chi connectivity index (χ1v) is 8.42. The van der Waals surface area contributed by atoms with Gasteiger partial charge in [0.15, 0.2) is 9.84 Å². The average molecular weight is 350 g/mol. The van der Waals surface area contributed by atoms with Crippen molar-refractivity contribution in [1.29, 1.82) is 0 Å². The van der Waals surface area contributed by atoms with Gasteiger partial charge in [0.25, 0.3) is 5.91 Å². The third kappa shape index (κ3) is 3.76. The van der Waals surface area contributed by atoms with Gasteiger partial charge < -0.3 is 5.32 Å². The lowest BCUT2D eigenvalue weighted by molar-refractivity contribution is 0.0948. The van der Waals surface area contributed by atoms with Crippen LogP contribution in [0.2, 0.25) is 0 Å². The largest absolute Gasteiger partial charge is 0.352 e. The first-order valence-electron chi connectivity index (χ1n) is 5.81. The van der Waals surface area contributed by atoms with Gasteiger partial charge in [0.1, 0.15) is 5.82 Å². The van der Waals surface area contributed by atoms with Crippen molar-refractivity contribution in [3.05, 3.63) is 34.1 Å². The highest BCUT2D eigenvalue weighted by Crippen LogP contribution is 2.18. The van der Waals surface area contributed by atoms with Gasteiger partial charge in [-0.25, -0.2) is 12.8 Å². The summed E-state index contributed by atoms with van der Waals surface area (Å²) in [4.78, 5) is 11.8. The number of nitrogens with one attached hydrogen (secondary N) is 1. The standard InChI is InChI=1S/C12H13BrFNO3S/c13-10-2-1-9(5-11(10)14)12(16)15-6-8-3-4-19(17,18)7-8/h1-2,5,8H,3-4,6-7H2,(H,15,16). The van der Waals surface area contributed by atoms with Crippen LogP contribution in [0.1, 0.15) is 16.8 Å². The van der Waals surface area contributed by atoms with Crippen LogP contribution in [-0.2, 0) is 9.84 Å². The molecular weight excluding hydrogens is 337 g/mol. The van der Waals surface area contributed by atoms with Gasteiger partial charge in [0.2, 0.25) is 0 Å². The van der Waals surface area contributed by atoms with E-state index in [4.69, 9.17) is 0 Å². The van der Waals surface area contributed by atoms with Crippen molar-refractivity contribution in [2.45, 2.75) is 6.42 Å². The highest BCUT2D eigenvalue weighted by molar-refractivity contribution is 9.10. The monoisotopic (exact) mass is 349 g/mol. The summed E-state index contributed by atoms with van der Waals surface area (Å²) < 4.78 is 36.1. The van der Waals surface area contributed by atoms with Gasteiger partial charge in [-0.2, -0.15) is 0 Å². The molecule has 1 aliphatic heterocycles. The van der Waals surface area contributed by atoms with E-state index >= 15 is 0 Å². The molecule has 19 heavy (non-hydrogen) atoms. The molecule has 1 fully saturated rings. The number of amides is 1. The molecule has 1 aromatic carbocycles. The number of carbonyl (C=O) groups excluding carboxylic acids is 1. The van der Waals surface area contributed by atoms with E-state index in [1.165, 1.54) is 12.1 Å². The van der Waals surface area contributed by atoms with Crippen LogP contribution in [0.5, 0.6) is 0 Å². The Bertz CT molecular complexity index is 603. The topological polar surface area (TPSA) is 63.2 Å². The first-order chi connectivity index (χ1) is 8.87. The summed E-state index contributed by atoms with van der Waals surface area (Å²) in [5.41, 5.74) is 0.224. The quantitative estimate of drug-likeness (QED) is 0.904. The lowest BCUT2D eigenvalue weighted by Gasteiger charge is -2.09. The van der Waals surface area contributed by atoms with Crippen LogP contribution in [-0.4, -0.2) is 32.4 Å². The molecule has 1 aromatic rings. The fourth-order valence-corrected chi connectivity index (χ4v) is 4.12. The second-order valence-electron chi connectivity index (χ2n) is 4.61. The van der Waals surface area contributed by atoms with Gasteiger partial charge in [-0.3, -0.25) is 4.79 Å². The van der Waals surface area contributed by atoms with Crippen molar-refractivity contribution in [2.75, 3.05) is 18.1 Å². The number of hydrogen-bond donors (Lipinski definition) is 1. The molecule has 4 nitrogen and oxygen atoms in total. The van der Waals surface area contributed by atoms with Gasteiger partial charge in [0.05, 0.1) is 16.0 Å². The second-order valence-corrected chi connectivity index (χ2v) is 7.69. The zero-order valence-electron chi connectivity index (χ0n) is 10.0. The molecule has 0 bridgehead atoms. The molecule has 0 radical (unpaired) electrons. The zero-order chi connectivity index (χ0) is 14.0. The van der Waals surface area contributed by atoms with E-state index in [2.05, 4.69) is 21.2 Å². The van der Waals surface area contributed by atoms with Crippen molar-refractivity contribution >= 4 is 31.7 Å². The maximum atomic E-state index is 13.3. The van der Waals surface area contributed by atoms with Gasteiger partial charge >= 0.3 is 0 Å². The molecule has 1 unspecified atom stereocenters. The van der Waals surface area contributed by atoms with Gasteiger partial charge in [-0.15, -0.1) is 0 Å². The number of halogens is 2. The number of rotatable bonds is 3. The van der Waals surface area contributed by atoms with Crippen molar-refractivity contribution in [2.24, 2.45) is 5.92 Å². The Balaban J connectivity index is 1.93. The average Bonchev–Trinajstić information content (AvgIpc) is 2.69. The minimum absolute atomic E-state index is 0.0470. The third-order valence-electron chi connectivity index (χ3n) is 3.06. The number of hydrogen-bond acceptors (Lipinski definition) is 3. The minimum Gasteiger partial charge on any atom is -0.352 e. The van der Waals surface area contributed by atoms with Crippen molar-refractivity contribution in [3.63, 3.8) is 0 Å². The fraction of sp³-hybridized carbons (Fsp3) is 0.417. The highest BCUT2D eigenvalue weighted by Gasteiger charge is 2.28. The summed E-state index contributed by atoms with van der Waals surface area (Å²) in [7, 11) is -2.94. The summed E-state index contributed by atoms with van der Waals surface area (Å²) in [6.45, 7) is 0.301. The Kier molecular flexibility index (Phi) is 4.25. The minimum atomic E-state index is -2.94. The van der Waals surface area contributed by atoms with Gasteiger partial charge in [-0.1, -0.05) is 0 Å². The number of carbonyl (C=O) groups is 1. The lowest BCUT2D eigenvalue weighted by atomic mass is 10.1. The molecule has 1 heterocycles. The number of sulfone groups is 1. The van der Waals surface area contributed by atoms with Crippen LogP contribution < -0.4 is 5.32 Å². The Morgan fingerprint density at radius 2 is 2.21 bits per heavy atom. The summed E-state index contributed by atoms with van der Waals surface area (Å²) in [6.07, 6.45) is 0.567. The molecule has 1 saturated heterocycles. The molecule has 104 valence electrons. The van der Waals surface area contributed by atoms with Crippen molar-refractivity contribution < 1.29 is 17.6 Å². The van der Waals surface area contributed by atoms with Crippen LogP contribution >= 0.6 is 15.9 Å². The Morgan fingerprint density at radius 3 is 2.79 bits per heavy atom. The summed E-state index contributed by atoms with van der Waals surface area (Å²) in [5.74, 6) is -0.649. The fourth-order valence-electron chi connectivity index (χ4n) is 2.01. The molecule has 1 aliphatic rings. The highest BCUT2D eigenvalue weighted by atomic mass is 79.9. The van der Waals surface area contributed by atoms with Crippen molar-refractivity contribution in [3.8, 4) is 0 Å². The van der Waals surface area contributed by atoms with Crippen LogP contribution in [0.3, 0.4) is 0 Å². The molecule has 1 atom stereocenters. The van der Waals surface area contributed by atoms with E-state index in [0.29, 0.717) is 17.4 Å². The van der Waals surface area contributed by atoms with Gasteiger partial charge in [0, 0.05) is 12.1 Å². The van der Waals surface area contributed by atoms with Crippen molar-refractivity contribution in [1.82, 2.24) is 5.32 Å². The maximum Gasteiger partial charge on any atom is 0.251 e. The van der Waals surface area contributed by atoms with Gasteiger partial charge in [-0.05, 0) is 46.5 Å². The third-order valence-corrected chi connectivity index (χ3v) is 5.54. The summed E-state index contributed by atoms with van der Waals surface area (Å²) in [5, 5.41) is 2.64. The molecule has 0 aliphatic carbocycles. The second kappa shape index (κ2) is 5.58. The molecule has 0 aromatic heterocycles. The Labute approximate surface area is 119 Å². The van der Waals surface area contributed by atoms with Crippen LogP contribution in [0.25, 0.3) is 0 Å². The first kappa shape index (κ1) is 14.5. The summed E-state index contributed by atoms with van der Waals surface area (Å²) >= 11 is 3.01. The van der Waals surface area contributed by atoms with Crippen LogP contribution in [0.4, 0.5) is 4.39 Å². The molecule has 1 amide bonds. The normalized spacial score (nSPS) is 21.3. The molecule has 2 rings (SSSR count). The van der Waals surface area contributed by atoms with E-state index in [0.717, 1.165) is 6.07 Å². The molecule has 0 saturated carbocycles. The van der Waals surface area contributed by atoms with Crippen LogP contribution in [0, 0.1) is 11.7 Å². The number of benzene rings is 1. The van der Waals surface area contributed by atoms with E-state index < -0.39 is 21.6 Å². The lowest BCUT2D eigenvalue weighted by Crippen LogP contribution is -2.29. The van der Waals surface area contributed by atoms with Crippen LogP contribution in [0.15, 0.2) is 22.7 Å². The van der Waals surface area contributed by atoms with E-state index in [1.807, 2.05) is 0 Å². The van der Waals surface area contributed by atoms with E-state index in [1.54, 1.807) is 0 Å². The summed E-state index contributed by atoms with van der Waals surface area (Å²) in [6, 6.07) is 4.11. The predicted octanol–water partition coefficient (Wildman–Crippen LogP) is 1.75.